The number of hydrogen-bond acceptors (Lipinski definition) is 3. The van der Waals surface area contributed by atoms with E-state index < -0.39 is 5.41 Å². The van der Waals surface area contributed by atoms with Crippen LogP contribution in [0.4, 0.5) is 0 Å². The SMILES string of the molecule is CCSCCC(C)NC(=O)C1(c2ccccc2)CCOCC1. The van der Waals surface area contributed by atoms with E-state index >= 15 is 0 Å². The van der Waals surface area contributed by atoms with Crippen LogP contribution in [-0.2, 0) is 14.9 Å². The van der Waals surface area contributed by atoms with Crippen molar-refractivity contribution in [1.29, 1.82) is 0 Å². The molecule has 0 aromatic heterocycles. The third kappa shape index (κ3) is 4.26. The highest BCUT2D eigenvalue weighted by atomic mass is 32.2. The van der Waals surface area contributed by atoms with Crippen molar-refractivity contribution in [2.24, 2.45) is 0 Å². The van der Waals surface area contributed by atoms with Gasteiger partial charge in [0.05, 0.1) is 5.41 Å². The van der Waals surface area contributed by atoms with E-state index in [1.165, 1.54) is 0 Å². The minimum atomic E-state index is -0.425. The predicted octanol–water partition coefficient (Wildman–Crippen LogP) is 3.38. The Balaban J connectivity index is 2.07. The molecule has 1 aromatic carbocycles. The number of thioether (sulfide) groups is 1. The van der Waals surface area contributed by atoms with Crippen molar-refractivity contribution in [3.05, 3.63) is 35.9 Å². The molecule has 0 radical (unpaired) electrons. The Hall–Kier alpha value is -1.00. The van der Waals surface area contributed by atoms with Crippen LogP contribution in [0.5, 0.6) is 0 Å². The third-order valence-corrected chi connectivity index (χ3v) is 5.32. The molecule has 1 aromatic rings. The van der Waals surface area contributed by atoms with Crippen LogP contribution in [0, 0.1) is 0 Å². The summed E-state index contributed by atoms with van der Waals surface area (Å²) in [6.07, 6.45) is 2.55. The minimum Gasteiger partial charge on any atom is -0.381 e. The van der Waals surface area contributed by atoms with Gasteiger partial charge in [-0.2, -0.15) is 11.8 Å². The van der Waals surface area contributed by atoms with Crippen molar-refractivity contribution in [3.8, 4) is 0 Å². The lowest BCUT2D eigenvalue weighted by molar-refractivity contribution is -0.131. The Labute approximate surface area is 138 Å². The molecule has 1 saturated heterocycles. The van der Waals surface area contributed by atoms with E-state index in [2.05, 4.69) is 31.3 Å². The van der Waals surface area contributed by atoms with E-state index in [0.29, 0.717) is 13.2 Å². The average molecular weight is 321 g/mol. The number of rotatable bonds is 7. The molecule has 1 N–H and O–H groups in total. The maximum atomic E-state index is 13.0. The Morgan fingerprint density at radius 2 is 2.00 bits per heavy atom. The molecule has 1 aliphatic rings. The zero-order valence-corrected chi connectivity index (χ0v) is 14.5. The molecule has 2 rings (SSSR count). The van der Waals surface area contributed by atoms with Crippen molar-refractivity contribution < 1.29 is 9.53 Å². The number of nitrogens with one attached hydrogen (secondary N) is 1. The molecule has 122 valence electrons. The first-order valence-electron chi connectivity index (χ1n) is 8.21. The van der Waals surface area contributed by atoms with Gasteiger partial charge in [-0.05, 0) is 43.3 Å². The maximum absolute atomic E-state index is 13.0. The standard InChI is InChI=1S/C18H27NO2S/c1-3-22-14-9-15(2)19-17(20)18(10-12-21-13-11-18)16-7-5-4-6-8-16/h4-8,15H,3,9-14H2,1-2H3,(H,19,20). The first-order chi connectivity index (χ1) is 10.7. The summed E-state index contributed by atoms with van der Waals surface area (Å²) in [6.45, 7) is 5.58. The van der Waals surface area contributed by atoms with Gasteiger partial charge in [-0.1, -0.05) is 37.3 Å². The lowest BCUT2D eigenvalue weighted by Crippen LogP contribution is -2.50. The summed E-state index contributed by atoms with van der Waals surface area (Å²) in [5.41, 5.74) is 0.692. The highest BCUT2D eigenvalue weighted by molar-refractivity contribution is 7.99. The second kappa shape index (κ2) is 8.59. The fourth-order valence-corrected chi connectivity index (χ4v) is 3.77. The van der Waals surface area contributed by atoms with Gasteiger partial charge in [0.2, 0.25) is 5.91 Å². The van der Waals surface area contributed by atoms with E-state index in [1.54, 1.807) is 0 Å². The summed E-state index contributed by atoms with van der Waals surface area (Å²) >= 11 is 1.92. The van der Waals surface area contributed by atoms with Gasteiger partial charge in [0.1, 0.15) is 0 Å². The zero-order chi connectivity index (χ0) is 15.8. The molecule has 1 aliphatic heterocycles. The predicted molar refractivity (Wildman–Crippen MR) is 93.4 cm³/mol. The molecule has 1 heterocycles. The first-order valence-corrected chi connectivity index (χ1v) is 9.36. The molecule has 22 heavy (non-hydrogen) atoms. The molecule has 4 heteroatoms. The topological polar surface area (TPSA) is 38.3 Å². The highest BCUT2D eigenvalue weighted by Crippen LogP contribution is 2.35. The van der Waals surface area contributed by atoms with Crippen LogP contribution in [0.3, 0.4) is 0 Å². The normalized spacial score (nSPS) is 18.6. The molecule has 3 nitrogen and oxygen atoms in total. The number of carbonyl (C=O) groups is 1. The van der Waals surface area contributed by atoms with Gasteiger partial charge in [-0.25, -0.2) is 0 Å². The highest BCUT2D eigenvalue weighted by Gasteiger charge is 2.41. The lowest BCUT2D eigenvalue weighted by atomic mass is 9.73. The zero-order valence-electron chi connectivity index (χ0n) is 13.6. The van der Waals surface area contributed by atoms with Crippen molar-refractivity contribution in [2.45, 2.75) is 44.6 Å². The van der Waals surface area contributed by atoms with Gasteiger partial charge in [-0.15, -0.1) is 0 Å². The van der Waals surface area contributed by atoms with Gasteiger partial charge >= 0.3 is 0 Å². The summed E-state index contributed by atoms with van der Waals surface area (Å²) in [7, 11) is 0. The largest absolute Gasteiger partial charge is 0.381 e. The Morgan fingerprint density at radius 3 is 2.64 bits per heavy atom. The maximum Gasteiger partial charge on any atom is 0.231 e. The number of benzene rings is 1. The van der Waals surface area contributed by atoms with Gasteiger partial charge < -0.3 is 10.1 Å². The smallest absolute Gasteiger partial charge is 0.231 e. The second-order valence-electron chi connectivity index (χ2n) is 5.92. The van der Waals surface area contributed by atoms with Crippen LogP contribution in [0.2, 0.25) is 0 Å². The Morgan fingerprint density at radius 1 is 1.32 bits per heavy atom. The summed E-state index contributed by atoms with van der Waals surface area (Å²) in [4.78, 5) is 13.0. The number of ether oxygens (including phenoxy) is 1. The molecular weight excluding hydrogens is 294 g/mol. The van der Waals surface area contributed by atoms with Crippen molar-refractivity contribution >= 4 is 17.7 Å². The monoisotopic (exact) mass is 321 g/mol. The molecule has 0 saturated carbocycles. The molecule has 1 amide bonds. The minimum absolute atomic E-state index is 0.163. The van der Waals surface area contributed by atoms with Crippen molar-refractivity contribution in [1.82, 2.24) is 5.32 Å². The van der Waals surface area contributed by atoms with Gasteiger partial charge in [-0.3, -0.25) is 4.79 Å². The van der Waals surface area contributed by atoms with Crippen LogP contribution < -0.4 is 5.32 Å². The van der Waals surface area contributed by atoms with Crippen LogP contribution in [0.15, 0.2) is 30.3 Å². The summed E-state index contributed by atoms with van der Waals surface area (Å²) in [5.74, 6) is 2.39. The Kier molecular flexibility index (Phi) is 6.77. The van der Waals surface area contributed by atoms with Crippen LogP contribution in [0.1, 0.15) is 38.7 Å². The number of amides is 1. The quantitative estimate of drug-likeness (QED) is 0.782. The molecule has 1 unspecified atom stereocenters. The molecule has 1 fully saturated rings. The van der Waals surface area contributed by atoms with Crippen LogP contribution in [0.25, 0.3) is 0 Å². The molecule has 0 spiro atoms. The van der Waals surface area contributed by atoms with Gasteiger partial charge in [0.25, 0.3) is 0 Å². The average Bonchev–Trinajstić information content (AvgIpc) is 2.56. The summed E-state index contributed by atoms with van der Waals surface area (Å²) in [6, 6.07) is 10.4. The summed E-state index contributed by atoms with van der Waals surface area (Å²) < 4.78 is 5.50. The van der Waals surface area contributed by atoms with E-state index in [-0.39, 0.29) is 11.9 Å². The molecule has 1 atom stereocenters. The number of hydrogen-bond donors (Lipinski definition) is 1. The van der Waals surface area contributed by atoms with Gasteiger partial charge in [0, 0.05) is 19.3 Å². The van der Waals surface area contributed by atoms with E-state index in [1.807, 2.05) is 30.0 Å². The van der Waals surface area contributed by atoms with Crippen LogP contribution in [-0.4, -0.2) is 36.7 Å². The third-order valence-electron chi connectivity index (χ3n) is 4.38. The lowest BCUT2D eigenvalue weighted by Gasteiger charge is -2.37. The summed E-state index contributed by atoms with van der Waals surface area (Å²) in [5, 5.41) is 3.24. The second-order valence-corrected chi connectivity index (χ2v) is 7.31. The van der Waals surface area contributed by atoms with E-state index in [4.69, 9.17) is 4.74 Å². The van der Waals surface area contributed by atoms with E-state index in [9.17, 15) is 4.79 Å². The van der Waals surface area contributed by atoms with Crippen molar-refractivity contribution in [2.75, 3.05) is 24.7 Å². The molecular formula is C18H27NO2S. The molecule has 0 bridgehead atoms. The van der Waals surface area contributed by atoms with Gasteiger partial charge in [0.15, 0.2) is 0 Å². The van der Waals surface area contributed by atoms with E-state index in [0.717, 1.165) is 36.3 Å². The van der Waals surface area contributed by atoms with Crippen molar-refractivity contribution in [3.63, 3.8) is 0 Å². The fraction of sp³-hybridized carbons (Fsp3) is 0.611. The molecule has 0 aliphatic carbocycles. The fourth-order valence-electron chi connectivity index (χ4n) is 2.96. The first kappa shape index (κ1) is 17.4. The number of carbonyl (C=O) groups excluding carboxylic acids is 1. The van der Waals surface area contributed by atoms with Crippen LogP contribution >= 0.6 is 11.8 Å². The Bertz CT molecular complexity index is 457.